The maximum atomic E-state index is 12.1. The first-order chi connectivity index (χ1) is 9.84. The molecule has 1 aliphatic rings. The Hall–Kier alpha value is -0.710. The number of rotatable bonds is 3. The molecule has 2 rings (SSSR count). The van der Waals surface area contributed by atoms with Gasteiger partial charge in [0.1, 0.15) is 5.69 Å². The van der Waals surface area contributed by atoms with Gasteiger partial charge in [-0.05, 0) is 18.9 Å². The first-order valence-electron chi connectivity index (χ1n) is 6.76. The van der Waals surface area contributed by atoms with Gasteiger partial charge in [-0.1, -0.05) is 54.1 Å². The molecule has 0 saturated heterocycles. The van der Waals surface area contributed by atoms with Crippen LogP contribution in [-0.2, 0) is 4.74 Å². The summed E-state index contributed by atoms with van der Waals surface area (Å²) in [5, 5.41) is 0. The molecule has 0 unspecified atom stereocenters. The van der Waals surface area contributed by atoms with Gasteiger partial charge in [0.2, 0.25) is 5.78 Å². The van der Waals surface area contributed by atoms with E-state index in [-0.39, 0.29) is 11.6 Å². The Kier molecular flexibility index (Phi) is 5.23. The summed E-state index contributed by atoms with van der Waals surface area (Å²) in [5.74, 6) is -1.14. The maximum absolute atomic E-state index is 12.1. The number of Topliss-reactive ketones (excluding diaryl/α,β-unsaturated/α-hetero) is 1. The number of aromatic nitrogens is 1. The monoisotopic (exact) mass is 351 g/mol. The van der Waals surface area contributed by atoms with Crippen molar-refractivity contribution in [3.8, 4) is 0 Å². The second kappa shape index (κ2) is 6.59. The second-order valence-electron chi connectivity index (χ2n) is 5.13. The van der Waals surface area contributed by atoms with Crippen molar-refractivity contribution in [1.29, 1.82) is 0 Å². The third-order valence-electron chi connectivity index (χ3n) is 3.73. The van der Waals surface area contributed by atoms with Crippen LogP contribution in [0.1, 0.15) is 59.0 Å². The molecule has 1 heterocycles. The van der Waals surface area contributed by atoms with Crippen LogP contribution in [0.2, 0.25) is 0 Å². The Morgan fingerprint density at radius 1 is 1.24 bits per heavy atom. The van der Waals surface area contributed by atoms with Crippen LogP contribution >= 0.6 is 34.8 Å². The SMILES string of the molecule is COC(=O)c1cc(C(=O)C(Cl)(Cl)Cl)cn1C1CCCCC1. The standard InChI is InChI=1S/C14H16Cl3NO3/c1-21-13(20)11-7-9(12(19)14(15,16)17)8-18(11)10-5-3-2-4-6-10/h7-8,10H,2-6H2,1H3. The quantitative estimate of drug-likeness (QED) is 0.462. The van der Waals surface area contributed by atoms with E-state index in [0.29, 0.717) is 5.69 Å². The van der Waals surface area contributed by atoms with E-state index in [1.165, 1.54) is 19.6 Å². The number of halogens is 3. The van der Waals surface area contributed by atoms with E-state index >= 15 is 0 Å². The summed E-state index contributed by atoms with van der Waals surface area (Å²) < 4.78 is 4.53. The van der Waals surface area contributed by atoms with Crippen molar-refractivity contribution >= 4 is 46.6 Å². The van der Waals surface area contributed by atoms with Gasteiger partial charge in [0, 0.05) is 17.8 Å². The van der Waals surface area contributed by atoms with Gasteiger partial charge < -0.3 is 9.30 Å². The molecule has 0 atom stereocenters. The molecular weight excluding hydrogens is 337 g/mol. The number of carbonyl (C=O) groups is 2. The van der Waals surface area contributed by atoms with Gasteiger partial charge in [-0.15, -0.1) is 0 Å². The Balaban J connectivity index is 2.40. The number of hydrogen-bond donors (Lipinski definition) is 0. The molecule has 0 radical (unpaired) electrons. The minimum atomic E-state index is -2.04. The first-order valence-corrected chi connectivity index (χ1v) is 7.89. The highest BCUT2D eigenvalue weighted by Crippen LogP contribution is 2.34. The van der Waals surface area contributed by atoms with Gasteiger partial charge >= 0.3 is 5.97 Å². The highest BCUT2D eigenvalue weighted by molar-refractivity contribution is 6.77. The number of ether oxygens (including phenoxy) is 1. The summed E-state index contributed by atoms with van der Waals surface area (Å²) in [6.45, 7) is 0. The fourth-order valence-corrected chi connectivity index (χ4v) is 3.02. The molecule has 0 aromatic carbocycles. The molecular formula is C14H16Cl3NO3. The van der Waals surface area contributed by atoms with Crippen LogP contribution in [0, 0.1) is 0 Å². The molecule has 0 bridgehead atoms. The van der Waals surface area contributed by atoms with E-state index in [2.05, 4.69) is 0 Å². The minimum Gasteiger partial charge on any atom is -0.464 e. The van der Waals surface area contributed by atoms with Crippen molar-refractivity contribution in [1.82, 2.24) is 4.57 Å². The number of alkyl halides is 3. The van der Waals surface area contributed by atoms with Crippen LogP contribution in [0.5, 0.6) is 0 Å². The summed E-state index contributed by atoms with van der Waals surface area (Å²) in [6, 6.07) is 1.61. The smallest absolute Gasteiger partial charge is 0.354 e. The first kappa shape index (κ1) is 16.7. The number of ketones is 1. The Bertz CT molecular complexity index is 542. The molecule has 1 aromatic rings. The predicted molar refractivity (Wildman–Crippen MR) is 82.5 cm³/mol. The van der Waals surface area contributed by atoms with Gasteiger partial charge in [-0.3, -0.25) is 4.79 Å². The number of esters is 1. The summed E-state index contributed by atoms with van der Waals surface area (Å²) in [4.78, 5) is 24.0. The zero-order valence-corrected chi connectivity index (χ0v) is 13.8. The van der Waals surface area contributed by atoms with E-state index in [1.54, 1.807) is 10.8 Å². The number of methoxy groups -OCH3 is 1. The Morgan fingerprint density at radius 2 is 1.86 bits per heavy atom. The van der Waals surface area contributed by atoms with Gasteiger partial charge in [0.15, 0.2) is 0 Å². The van der Waals surface area contributed by atoms with E-state index in [1.807, 2.05) is 0 Å². The normalized spacial score (nSPS) is 16.8. The summed E-state index contributed by atoms with van der Waals surface area (Å²) >= 11 is 16.9. The van der Waals surface area contributed by atoms with Crippen molar-refractivity contribution in [3.63, 3.8) is 0 Å². The Labute approximate surface area is 138 Å². The summed E-state index contributed by atoms with van der Waals surface area (Å²) in [5.41, 5.74) is 0.531. The third kappa shape index (κ3) is 3.74. The summed E-state index contributed by atoms with van der Waals surface area (Å²) in [6.07, 6.45) is 6.88. The van der Waals surface area contributed by atoms with E-state index < -0.39 is 15.5 Å². The van der Waals surface area contributed by atoms with Crippen molar-refractivity contribution in [2.24, 2.45) is 0 Å². The van der Waals surface area contributed by atoms with Crippen molar-refractivity contribution < 1.29 is 14.3 Å². The van der Waals surface area contributed by atoms with Crippen LogP contribution in [-0.4, -0.2) is 27.2 Å². The lowest BCUT2D eigenvalue weighted by Gasteiger charge is -2.24. The van der Waals surface area contributed by atoms with Crippen LogP contribution in [0.4, 0.5) is 0 Å². The van der Waals surface area contributed by atoms with E-state index in [4.69, 9.17) is 39.5 Å². The fraction of sp³-hybridized carbons (Fsp3) is 0.571. The lowest BCUT2D eigenvalue weighted by atomic mass is 9.95. The van der Waals surface area contributed by atoms with Crippen molar-refractivity contribution in [3.05, 3.63) is 23.5 Å². The minimum absolute atomic E-state index is 0.171. The average molecular weight is 353 g/mol. The number of hydrogen-bond acceptors (Lipinski definition) is 3. The van der Waals surface area contributed by atoms with E-state index in [9.17, 15) is 9.59 Å². The zero-order chi connectivity index (χ0) is 15.6. The average Bonchev–Trinajstić information content (AvgIpc) is 2.90. The van der Waals surface area contributed by atoms with E-state index in [0.717, 1.165) is 25.7 Å². The van der Waals surface area contributed by atoms with Gasteiger partial charge in [-0.2, -0.15) is 0 Å². The molecule has 0 amide bonds. The Morgan fingerprint density at radius 3 is 2.38 bits per heavy atom. The van der Waals surface area contributed by atoms with Crippen LogP contribution in [0.15, 0.2) is 12.3 Å². The highest BCUT2D eigenvalue weighted by Gasteiger charge is 2.34. The number of carbonyl (C=O) groups excluding carboxylic acids is 2. The maximum Gasteiger partial charge on any atom is 0.354 e. The molecule has 1 aliphatic carbocycles. The largest absolute Gasteiger partial charge is 0.464 e. The molecule has 7 heteroatoms. The molecule has 1 aromatic heterocycles. The van der Waals surface area contributed by atoms with Crippen molar-refractivity contribution in [2.75, 3.05) is 7.11 Å². The van der Waals surface area contributed by atoms with Crippen molar-refractivity contribution in [2.45, 2.75) is 41.9 Å². The lowest BCUT2D eigenvalue weighted by molar-refractivity contribution is 0.0584. The molecule has 116 valence electrons. The topological polar surface area (TPSA) is 48.3 Å². The zero-order valence-electron chi connectivity index (χ0n) is 11.6. The predicted octanol–water partition coefficient (Wildman–Crippen LogP) is 4.33. The summed E-state index contributed by atoms with van der Waals surface area (Å²) in [7, 11) is 1.30. The molecule has 0 spiro atoms. The molecule has 4 nitrogen and oxygen atoms in total. The number of nitrogens with zero attached hydrogens (tertiary/aromatic N) is 1. The molecule has 1 fully saturated rings. The highest BCUT2D eigenvalue weighted by atomic mass is 35.6. The van der Waals surface area contributed by atoms with Crippen LogP contribution in [0.3, 0.4) is 0 Å². The molecule has 0 aliphatic heterocycles. The molecule has 0 N–H and O–H groups in total. The lowest BCUT2D eigenvalue weighted by Crippen LogP contribution is -2.19. The van der Waals surface area contributed by atoms with Gasteiger partial charge in [0.05, 0.1) is 7.11 Å². The second-order valence-corrected chi connectivity index (χ2v) is 7.41. The van der Waals surface area contributed by atoms with Crippen LogP contribution in [0.25, 0.3) is 0 Å². The van der Waals surface area contributed by atoms with Gasteiger partial charge in [-0.25, -0.2) is 4.79 Å². The fourth-order valence-electron chi connectivity index (χ4n) is 2.70. The molecule has 21 heavy (non-hydrogen) atoms. The third-order valence-corrected chi connectivity index (χ3v) is 4.25. The van der Waals surface area contributed by atoms with Gasteiger partial charge in [0.25, 0.3) is 3.79 Å². The van der Waals surface area contributed by atoms with Crippen LogP contribution < -0.4 is 0 Å². The molecule has 1 saturated carbocycles.